The molecule has 3 aromatic rings. The molecule has 1 saturated heterocycles. The smallest absolute Gasteiger partial charge is 0.319 e. The number of esters is 1. The predicted octanol–water partition coefficient (Wildman–Crippen LogP) is 3.26. The summed E-state index contributed by atoms with van der Waals surface area (Å²) in [6.45, 7) is 0.688. The number of carbonyl (C=O) groups is 1. The molecule has 2 aromatic carbocycles. The Morgan fingerprint density at radius 3 is 2.54 bits per heavy atom. The van der Waals surface area contributed by atoms with Crippen LogP contribution < -0.4 is 9.47 Å². The minimum Gasteiger partial charge on any atom is -0.497 e. The lowest BCUT2D eigenvalue weighted by atomic mass is 10.3. The molecule has 0 spiro atoms. The topological polar surface area (TPSA) is 75.5 Å². The molecule has 0 N–H and O–H groups in total. The fourth-order valence-electron chi connectivity index (χ4n) is 2.84. The third kappa shape index (κ3) is 3.96. The molecule has 0 bridgehead atoms. The van der Waals surface area contributed by atoms with E-state index >= 15 is 0 Å². The third-order valence-electron chi connectivity index (χ3n) is 4.28. The Morgan fingerprint density at radius 2 is 1.86 bits per heavy atom. The minimum absolute atomic E-state index is 0.205. The molecule has 4 rings (SSSR count). The van der Waals surface area contributed by atoms with Crippen LogP contribution in [0.15, 0.2) is 59.8 Å². The van der Waals surface area contributed by atoms with Crippen molar-refractivity contribution in [2.24, 2.45) is 0 Å². The number of nitrogens with zero attached hydrogens (tertiary/aromatic N) is 3. The fraction of sp³-hybridized carbons (Fsp3) is 0.250. The SMILES string of the molecule is COc1ccc(OCc2nnc(S[C@@H]3CCOC3=O)n2-c2ccccc2)cc1. The fourth-order valence-corrected chi connectivity index (χ4v) is 3.88. The van der Waals surface area contributed by atoms with Gasteiger partial charge in [0.2, 0.25) is 0 Å². The van der Waals surface area contributed by atoms with E-state index in [1.165, 1.54) is 11.8 Å². The standard InChI is InChI=1S/C20H19N3O4S/c1-25-15-7-9-16(10-8-15)27-13-18-21-22-20(28-17-11-12-26-19(17)24)23(18)14-5-3-2-4-6-14/h2-10,17H,11-13H2,1H3/t17-/m1/s1. The van der Waals surface area contributed by atoms with Gasteiger partial charge in [-0.2, -0.15) is 0 Å². The molecule has 144 valence electrons. The second-order valence-corrected chi connectivity index (χ2v) is 7.27. The van der Waals surface area contributed by atoms with E-state index in [1.807, 2.05) is 59.2 Å². The quantitative estimate of drug-likeness (QED) is 0.567. The van der Waals surface area contributed by atoms with Crippen LogP contribution in [0, 0.1) is 0 Å². The lowest BCUT2D eigenvalue weighted by Crippen LogP contribution is -2.12. The molecule has 1 aliphatic rings. The predicted molar refractivity (Wildman–Crippen MR) is 104 cm³/mol. The summed E-state index contributed by atoms with van der Waals surface area (Å²) in [6, 6.07) is 17.1. The van der Waals surface area contributed by atoms with Gasteiger partial charge < -0.3 is 14.2 Å². The highest BCUT2D eigenvalue weighted by molar-refractivity contribution is 8.00. The number of hydrogen-bond donors (Lipinski definition) is 0. The van der Waals surface area contributed by atoms with Gasteiger partial charge in [0.25, 0.3) is 0 Å². The minimum atomic E-state index is -0.262. The number of cyclic esters (lactones) is 1. The Labute approximate surface area is 166 Å². The molecule has 1 fully saturated rings. The van der Waals surface area contributed by atoms with Crippen LogP contribution in [0.25, 0.3) is 5.69 Å². The molecule has 1 aliphatic heterocycles. The van der Waals surface area contributed by atoms with Gasteiger partial charge in [0.1, 0.15) is 23.4 Å². The monoisotopic (exact) mass is 397 g/mol. The lowest BCUT2D eigenvalue weighted by Gasteiger charge is -2.12. The van der Waals surface area contributed by atoms with E-state index in [1.54, 1.807) is 7.11 Å². The van der Waals surface area contributed by atoms with Crippen LogP contribution >= 0.6 is 11.8 Å². The van der Waals surface area contributed by atoms with Crippen molar-refractivity contribution in [3.63, 3.8) is 0 Å². The van der Waals surface area contributed by atoms with E-state index in [-0.39, 0.29) is 17.8 Å². The van der Waals surface area contributed by atoms with E-state index in [4.69, 9.17) is 14.2 Å². The van der Waals surface area contributed by atoms with E-state index in [0.717, 1.165) is 11.4 Å². The Morgan fingerprint density at radius 1 is 1.11 bits per heavy atom. The van der Waals surface area contributed by atoms with Gasteiger partial charge in [0.05, 0.1) is 13.7 Å². The van der Waals surface area contributed by atoms with Crippen LogP contribution in [0.4, 0.5) is 0 Å². The van der Waals surface area contributed by atoms with Crippen molar-refractivity contribution in [2.75, 3.05) is 13.7 Å². The van der Waals surface area contributed by atoms with E-state index in [0.29, 0.717) is 29.8 Å². The van der Waals surface area contributed by atoms with Crippen LogP contribution in [0.2, 0.25) is 0 Å². The van der Waals surface area contributed by atoms with Gasteiger partial charge in [-0.25, -0.2) is 0 Å². The van der Waals surface area contributed by atoms with Gasteiger partial charge >= 0.3 is 5.97 Å². The number of hydrogen-bond acceptors (Lipinski definition) is 7. The van der Waals surface area contributed by atoms with E-state index < -0.39 is 0 Å². The molecule has 1 atom stereocenters. The zero-order valence-electron chi connectivity index (χ0n) is 15.3. The van der Waals surface area contributed by atoms with Crippen molar-refractivity contribution in [3.8, 4) is 17.2 Å². The van der Waals surface area contributed by atoms with Crippen LogP contribution in [0.1, 0.15) is 12.2 Å². The average Bonchev–Trinajstić information content (AvgIpc) is 3.33. The second kappa shape index (κ2) is 8.35. The zero-order valence-corrected chi connectivity index (χ0v) is 16.1. The number of ether oxygens (including phenoxy) is 3. The molecule has 0 saturated carbocycles. The van der Waals surface area contributed by atoms with Crippen LogP contribution in [0.5, 0.6) is 11.5 Å². The highest BCUT2D eigenvalue weighted by Crippen LogP contribution is 2.31. The van der Waals surface area contributed by atoms with Crippen molar-refractivity contribution < 1.29 is 19.0 Å². The van der Waals surface area contributed by atoms with Gasteiger partial charge in [-0.3, -0.25) is 9.36 Å². The summed E-state index contributed by atoms with van der Waals surface area (Å²) < 4.78 is 18.0. The molecular formula is C20H19N3O4S. The van der Waals surface area contributed by atoms with Crippen molar-refractivity contribution >= 4 is 17.7 Å². The van der Waals surface area contributed by atoms with Crippen molar-refractivity contribution in [2.45, 2.75) is 23.4 Å². The molecule has 0 radical (unpaired) electrons. The van der Waals surface area contributed by atoms with Gasteiger partial charge in [0.15, 0.2) is 11.0 Å². The first-order valence-electron chi connectivity index (χ1n) is 8.84. The van der Waals surface area contributed by atoms with Crippen LogP contribution in [-0.2, 0) is 16.1 Å². The van der Waals surface area contributed by atoms with Gasteiger partial charge in [0, 0.05) is 12.1 Å². The maximum absolute atomic E-state index is 11.9. The van der Waals surface area contributed by atoms with Crippen LogP contribution in [-0.4, -0.2) is 39.7 Å². The largest absolute Gasteiger partial charge is 0.497 e. The first kappa shape index (κ1) is 18.4. The Kier molecular flexibility index (Phi) is 5.48. The molecule has 8 heteroatoms. The normalized spacial score (nSPS) is 16.0. The van der Waals surface area contributed by atoms with E-state index in [9.17, 15) is 4.79 Å². The molecule has 0 unspecified atom stereocenters. The van der Waals surface area contributed by atoms with Gasteiger partial charge in [-0.1, -0.05) is 30.0 Å². The Bertz CT molecular complexity index is 944. The summed E-state index contributed by atoms with van der Waals surface area (Å²) in [5.41, 5.74) is 0.912. The molecule has 2 heterocycles. The Hall–Kier alpha value is -3.00. The molecule has 28 heavy (non-hydrogen) atoms. The highest BCUT2D eigenvalue weighted by Gasteiger charge is 2.30. The highest BCUT2D eigenvalue weighted by atomic mass is 32.2. The lowest BCUT2D eigenvalue weighted by molar-refractivity contribution is -0.137. The number of thioether (sulfide) groups is 1. The number of carbonyl (C=O) groups excluding carboxylic acids is 1. The number of aromatic nitrogens is 3. The van der Waals surface area contributed by atoms with Gasteiger partial charge in [-0.05, 0) is 36.4 Å². The van der Waals surface area contributed by atoms with Crippen molar-refractivity contribution in [1.82, 2.24) is 14.8 Å². The summed E-state index contributed by atoms with van der Waals surface area (Å²) in [5.74, 6) is 1.92. The maximum atomic E-state index is 11.9. The van der Waals surface area contributed by atoms with Crippen molar-refractivity contribution in [1.29, 1.82) is 0 Å². The molecule has 0 aliphatic carbocycles. The molecule has 1 aromatic heterocycles. The molecule has 0 amide bonds. The summed E-state index contributed by atoms with van der Waals surface area (Å²) in [7, 11) is 1.62. The number of methoxy groups -OCH3 is 1. The van der Waals surface area contributed by atoms with Crippen molar-refractivity contribution in [3.05, 3.63) is 60.4 Å². The zero-order chi connectivity index (χ0) is 19.3. The number of benzene rings is 2. The molecule has 7 nitrogen and oxygen atoms in total. The first-order chi connectivity index (χ1) is 13.7. The third-order valence-corrected chi connectivity index (χ3v) is 5.46. The summed E-state index contributed by atoms with van der Waals surface area (Å²) in [4.78, 5) is 11.9. The first-order valence-corrected chi connectivity index (χ1v) is 9.72. The summed E-state index contributed by atoms with van der Waals surface area (Å²) in [5, 5.41) is 8.98. The summed E-state index contributed by atoms with van der Waals surface area (Å²) >= 11 is 1.37. The average molecular weight is 397 g/mol. The Balaban J connectivity index is 1.58. The van der Waals surface area contributed by atoms with Gasteiger partial charge in [-0.15, -0.1) is 10.2 Å². The second-order valence-electron chi connectivity index (χ2n) is 6.10. The maximum Gasteiger partial charge on any atom is 0.319 e. The van der Waals surface area contributed by atoms with Crippen LogP contribution in [0.3, 0.4) is 0 Å². The number of para-hydroxylation sites is 1. The van der Waals surface area contributed by atoms with E-state index in [2.05, 4.69) is 10.2 Å². The summed E-state index contributed by atoms with van der Waals surface area (Å²) in [6.07, 6.45) is 0.669. The number of rotatable bonds is 7. The molecular weight excluding hydrogens is 378 g/mol.